The number of ether oxygens (including phenoxy) is 5. The number of amides is 1. The molecule has 8 heteroatoms. The molecule has 1 amide bonds. The van der Waals surface area contributed by atoms with Crippen molar-refractivity contribution in [2.45, 2.75) is 57.5 Å². The first kappa shape index (κ1) is 28.9. The second-order valence-corrected chi connectivity index (χ2v) is 10.9. The summed E-state index contributed by atoms with van der Waals surface area (Å²) in [7, 11) is 1.67. The highest BCUT2D eigenvalue weighted by Gasteiger charge is 2.35. The van der Waals surface area contributed by atoms with Gasteiger partial charge in [0.15, 0.2) is 0 Å². The Kier molecular flexibility index (Phi) is 9.44. The Balaban J connectivity index is 1.11. The Labute approximate surface area is 242 Å². The maximum atomic E-state index is 12.1. The van der Waals surface area contributed by atoms with Crippen LogP contribution in [0.25, 0.3) is 0 Å². The first-order valence-corrected chi connectivity index (χ1v) is 14.3. The van der Waals surface area contributed by atoms with E-state index in [4.69, 9.17) is 23.7 Å². The highest BCUT2D eigenvalue weighted by molar-refractivity contribution is 5.90. The SMILES string of the molecule is COc1ccccc1COCCCOc1ccc(C2CCNCC2OCc2cccc3c2NC(=O)OC3(C)C)cc1. The second-order valence-electron chi connectivity index (χ2n) is 10.9. The van der Waals surface area contributed by atoms with Crippen LogP contribution in [0.2, 0.25) is 0 Å². The van der Waals surface area contributed by atoms with Crippen LogP contribution in [0.15, 0.2) is 66.7 Å². The normalized spacial score (nSPS) is 19.5. The van der Waals surface area contributed by atoms with Gasteiger partial charge in [0.05, 0.1) is 45.3 Å². The molecule has 2 N–H and O–H groups in total. The van der Waals surface area contributed by atoms with Crippen LogP contribution in [0.5, 0.6) is 11.5 Å². The van der Waals surface area contributed by atoms with Crippen molar-refractivity contribution < 1.29 is 28.5 Å². The Bertz CT molecular complexity index is 1310. The van der Waals surface area contributed by atoms with E-state index < -0.39 is 11.7 Å². The fourth-order valence-electron chi connectivity index (χ4n) is 5.53. The number of cyclic esters (lactones) is 1. The molecule has 0 bridgehead atoms. The molecule has 3 aromatic carbocycles. The summed E-state index contributed by atoms with van der Waals surface area (Å²) in [5.74, 6) is 1.96. The molecular formula is C33H40N2O6. The molecule has 3 aromatic rings. The van der Waals surface area contributed by atoms with Crippen molar-refractivity contribution in [2.75, 3.05) is 38.7 Å². The minimum atomic E-state index is -0.685. The first-order valence-electron chi connectivity index (χ1n) is 14.3. The number of methoxy groups -OCH3 is 1. The summed E-state index contributed by atoms with van der Waals surface area (Å²) in [6, 6.07) is 22.2. The van der Waals surface area contributed by atoms with Gasteiger partial charge in [0.1, 0.15) is 17.1 Å². The van der Waals surface area contributed by atoms with Crippen LogP contribution >= 0.6 is 0 Å². The van der Waals surface area contributed by atoms with Gasteiger partial charge in [0.2, 0.25) is 0 Å². The predicted molar refractivity (Wildman–Crippen MR) is 158 cm³/mol. The molecule has 0 aromatic heterocycles. The van der Waals surface area contributed by atoms with Crippen LogP contribution in [0.1, 0.15) is 54.9 Å². The van der Waals surface area contributed by atoms with E-state index in [2.05, 4.69) is 22.8 Å². The Morgan fingerprint density at radius 3 is 2.59 bits per heavy atom. The van der Waals surface area contributed by atoms with Crippen molar-refractivity contribution in [3.63, 3.8) is 0 Å². The Morgan fingerprint density at radius 1 is 0.951 bits per heavy atom. The van der Waals surface area contributed by atoms with Crippen molar-refractivity contribution in [2.24, 2.45) is 0 Å². The number of para-hydroxylation sites is 2. The van der Waals surface area contributed by atoms with E-state index in [0.29, 0.717) is 26.4 Å². The average molecular weight is 561 g/mol. The minimum absolute atomic E-state index is 0.00955. The van der Waals surface area contributed by atoms with Gasteiger partial charge in [0, 0.05) is 35.6 Å². The topological polar surface area (TPSA) is 87.3 Å². The van der Waals surface area contributed by atoms with Gasteiger partial charge in [-0.05, 0) is 50.6 Å². The van der Waals surface area contributed by atoms with Crippen LogP contribution in [0, 0.1) is 0 Å². The molecule has 1 saturated heterocycles. The molecule has 1 fully saturated rings. The van der Waals surface area contributed by atoms with Crippen LogP contribution in [-0.2, 0) is 33.0 Å². The molecule has 0 radical (unpaired) electrons. The van der Waals surface area contributed by atoms with Crippen molar-refractivity contribution in [1.82, 2.24) is 5.32 Å². The molecule has 2 atom stereocenters. The number of hydrogen-bond donors (Lipinski definition) is 2. The molecule has 0 spiro atoms. The van der Waals surface area contributed by atoms with Crippen molar-refractivity contribution >= 4 is 11.8 Å². The number of fused-ring (bicyclic) bond motifs is 1. The highest BCUT2D eigenvalue weighted by atomic mass is 16.6. The molecule has 0 aliphatic carbocycles. The van der Waals surface area contributed by atoms with Crippen LogP contribution in [-0.4, -0.2) is 45.6 Å². The summed E-state index contributed by atoms with van der Waals surface area (Å²) in [4.78, 5) is 12.1. The lowest BCUT2D eigenvalue weighted by atomic mass is 9.87. The molecule has 8 nitrogen and oxygen atoms in total. The lowest BCUT2D eigenvalue weighted by Crippen LogP contribution is -2.41. The van der Waals surface area contributed by atoms with E-state index in [-0.39, 0.29) is 12.0 Å². The predicted octanol–water partition coefficient (Wildman–Crippen LogP) is 6.14. The number of rotatable bonds is 12. The largest absolute Gasteiger partial charge is 0.496 e. The number of hydrogen-bond acceptors (Lipinski definition) is 7. The fraction of sp³-hybridized carbons (Fsp3) is 0.424. The quantitative estimate of drug-likeness (QED) is 0.257. The third-order valence-corrected chi connectivity index (χ3v) is 7.71. The van der Waals surface area contributed by atoms with E-state index in [1.807, 2.05) is 68.4 Å². The Hall–Kier alpha value is -3.59. The summed E-state index contributed by atoms with van der Waals surface area (Å²) < 4.78 is 29.1. The summed E-state index contributed by atoms with van der Waals surface area (Å²) in [5, 5.41) is 6.35. The summed E-state index contributed by atoms with van der Waals surface area (Å²) >= 11 is 0. The molecule has 2 aliphatic rings. The number of carbonyl (C=O) groups is 1. The molecule has 41 heavy (non-hydrogen) atoms. The zero-order chi connectivity index (χ0) is 28.7. The highest BCUT2D eigenvalue weighted by Crippen LogP contribution is 2.38. The summed E-state index contributed by atoms with van der Waals surface area (Å²) in [6.45, 7) is 7.65. The smallest absolute Gasteiger partial charge is 0.412 e. The molecule has 0 saturated carbocycles. The zero-order valence-corrected chi connectivity index (χ0v) is 24.1. The zero-order valence-electron chi connectivity index (χ0n) is 24.1. The Morgan fingerprint density at radius 2 is 1.76 bits per heavy atom. The lowest BCUT2D eigenvalue weighted by Gasteiger charge is -2.35. The number of nitrogens with one attached hydrogen (secondary N) is 2. The minimum Gasteiger partial charge on any atom is -0.496 e. The monoisotopic (exact) mass is 560 g/mol. The number of anilines is 1. The maximum absolute atomic E-state index is 12.1. The van der Waals surface area contributed by atoms with E-state index in [9.17, 15) is 4.79 Å². The number of piperidine rings is 1. The van der Waals surface area contributed by atoms with Gasteiger partial charge in [-0.1, -0.05) is 48.5 Å². The van der Waals surface area contributed by atoms with Gasteiger partial charge in [-0.3, -0.25) is 5.32 Å². The molecule has 2 heterocycles. The fourth-order valence-corrected chi connectivity index (χ4v) is 5.53. The molecule has 5 rings (SSSR count). The third-order valence-electron chi connectivity index (χ3n) is 7.71. The summed E-state index contributed by atoms with van der Waals surface area (Å²) in [6.07, 6.45) is 1.36. The van der Waals surface area contributed by atoms with E-state index in [1.54, 1.807) is 7.11 Å². The van der Waals surface area contributed by atoms with E-state index >= 15 is 0 Å². The van der Waals surface area contributed by atoms with Gasteiger partial charge in [-0.15, -0.1) is 0 Å². The van der Waals surface area contributed by atoms with Crippen molar-refractivity contribution in [1.29, 1.82) is 0 Å². The second kappa shape index (κ2) is 13.4. The molecule has 218 valence electrons. The number of carbonyl (C=O) groups excluding carboxylic acids is 1. The standard InChI is InChI=1S/C33H40N2O6/c1-33(2)28-10-6-9-25(31(28)35-32(36)41-33)22-40-30-20-34-17-16-27(30)23-12-14-26(15-13-23)39-19-7-18-38-21-24-8-4-5-11-29(24)37-3/h4-6,8-15,27,30,34H,7,16-22H2,1-3H3,(H,35,36). The number of benzene rings is 3. The van der Waals surface area contributed by atoms with E-state index in [0.717, 1.165) is 59.8 Å². The summed E-state index contributed by atoms with van der Waals surface area (Å²) in [5.41, 5.74) is 4.29. The van der Waals surface area contributed by atoms with Gasteiger partial charge < -0.3 is 29.0 Å². The van der Waals surface area contributed by atoms with Gasteiger partial charge >= 0.3 is 6.09 Å². The molecular weight excluding hydrogens is 520 g/mol. The average Bonchev–Trinajstić information content (AvgIpc) is 2.98. The van der Waals surface area contributed by atoms with Gasteiger partial charge in [-0.25, -0.2) is 4.79 Å². The van der Waals surface area contributed by atoms with Crippen molar-refractivity contribution in [3.8, 4) is 11.5 Å². The lowest BCUT2D eigenvalue weighted by molar-refractivity contribution is 0.0102. The van der Waals surface area contributed by atoms with Crippen molar-refractivity contribution in [3.05, 3.63) is 89.0 Å². The van der Waals surface area contributed by atoms with Crippen LogP contribution in [0.3, 0.4) is 0 Å². The van der Waals surface area contributed by atoms with Crippen LogP contribution in [0.4, 0.5) is 10.5 Å². The third kappa shape index (κ3) is 7.19. The molecule has 2 unspecified atom stereocenters. The molecule has 2 aliphatic heterocycles. The van der Waals surface area contributed by atoms with Crippen LogP contribution < -0.4 is 20.1 Å². The first-order chi connectivity index (χ1) is 19.9. The van der Waals surface area contributed by atoms with Gasteiger partial charge in [0.25, 0.3) is 0 Å². The van der Waals surface area contributed by atoms with Gasteiger partial charge in [-0.2, -0.15) is 0 Å². The maximum Gasteiger partial charge on any atom is 0.412 e. The van der Waals surface area contributed by atoms with E-state index in [1.165, 1.54) is 5.56 Å².